The molecule has 2 heteroatoms. The summed E-state index contributed by atoms with van der Waals surface area (Å²) in [5.41, 5.74) is 1.04. The molecule has 0 aromatic rings. The first-order valence-electron chi connectivity index (χ1n) is 3.10. The molecule has 0 heterocycles. The van der Waals surface area contributed by atoms with Gasteiger partial charge in [-0.05, 0) is 12.8 Å². The molecule has 2 N–H and O–H groups in total. The Morgan fingerprint density at radius 3 is 2.44 bits per heavy atom. The molecule has 0 aliphatic heterocycles. The van der Waals surface area contributed by atoms with Crippen LogP contribution in [-0.2, 0) is 0 Å². The van der Waals surface area contributed by atoms with Crippen molar-refractivity contribution >= 4 is 0 Å². The molecular weight excluding hydrogens is 116 g/mol. The Kier molecular flexibility index (Phi) is 4.36. The van der Waals surface area contributed by atoms with Gasteiger partial charge in [0.25, 0.3) is 0 Å². The first-order valence-corrected chi connectivity index (χ1v) is 3.10. The summed E-state index contributed by atoms with van der Waals surface area (Å²) >= 11 is 0. The van der Waals surface area contributed by atoms with Crippen LogP contribution < -0.4 is 0 Å². The standard InChI is InChI=1S/C7H14O2/c1-6(3-4-8)7(2)5-9/h3,7-9H,4-5H2,1-2H3/b6-3+. The van der Waals surface area contributed by atoms with Crippen LogP contribution in [0.4, 0.5) is 0 Å². The minimum absolute atomic E-state index is 0.0656. The Balaban J connectivity index is 3.70. The van der Waals surface area contributed by atoms with Crippen LogP contribution in [0.25, 0.3) is 0 Å². The van der Waals surface area contributed by atoms with Crippen LogP contribution in [0.1, 0.15) is 13.8 Å². The summed E-state index contributed by atoms with van der Waals surface area (Å²) in [5.74, 6) is 0.178. The third-order valence-electron chi connectivity index (χ3n) is 1.46. The maximum absolute atomic E-state index is 8.61. The fraction of sp³-hybridized carbons (Fsp3) is 0.714. The second-order valence-corrected chi connectivity index (χ2v) is 2.21. The maximum atomic E-state index is 8.61. The van der Waals surface area contributed by atoms with Gasteiger partial charge < -0.3 is 10.2 Å². The second kappa shape index (κ2) is 4.53. The highest BCUT2D eigenvalue weighted by atomic mass is 16.3. The third kappa shape index (κ3) is 3.27. The van der Waals surface area contributed by atoms with Crippen molar-refractivity contribution in [1.29, 1.82) is 0 Å². The first kappa shape index (κ1) is 8.66. The summed E-state index contributed by atoms with van der Waals surface area (Å²) in [7, 11) is 0. The van der Waals surface area contributed by atoms with Gasteiger partial charge in [0, 0.05) is 6.61 Å². The summed E-state index contributed by atoms with van der Waals surface area (Å²) in [5, 5.41) is 17.0. The Morgan fingerprint density at radius 1 is 1.56 bits per heavy atom. The molecule has 0 spiro atoms. The van der Waals surface area contributed by atoms with Crippen molar-refractivity contribution in [3.05, 3.63) is 11.6 Å². The number of rotatable bonds is 3. The van der Waals surface area contributed by atoms with Gasteiger partial charge in [-0.1, -0.05) is 18.6 Å². The molecule has 0 aliphatic rings. The van der Waals surface area contributed by atoms with Crippen LogP contribution in [0, 0.1) is 5.92 Å². The Labute approximate surface area is 55.8 Å². The van der Waals surface area contributed by atoms with Gasteiger partial charge in [0.05, 0.1) is 6.61 Å². The lowest BCUT2D eigenvalue weighted by Crippen LogP contribution is -2.02. The lowest BCUT2D eigenvalue weighted by atomic mass is 10.0. The Morgan fingerprint density at radius 2 is 2.11 bits per heavy atom. The van der Waals surface area contributed by atoms with Crippen molar-refractivity contribution in [2.24, 2.45) is 5.92 Å². The lowest BCUT2D eigenvalue weighted by Gasteiger charge is -2.06. The summed E-state index contributed by atoms with van der Waals surface area (Å²) in [4.78, 5) is 0. The molecule has 0 saturated heterocycles. The highest BCUT2D eigenvalue weighted by Crippen LogP contribution is 2.06. The second-order valence-electron chi connectivity index (χ2n) is 2.21. The number of hydrogen-bond acceptors (Lipinski definition) is 2. The van der Waals surface area contributed by atoms with Gasteiger partial charge in [0.1, 0.15) is 0 Å². The molecule has 0 fully saturated rings. The van der Waals surface area contributed by atoms with Gasteiger partial charge in [0.2, 0.25) is 0 Å². The fourth-order valence-electron chi connectivity index (χ4n) is 0.489. The van der Waals surface area contributed by atoms with E-state index in [1.54, 1.807) is 6.08 Å². The molecule has 0 rings (SSSR count). The van der Waals surface area contributed by atoms with Crippen LogP contribution >= 0.6 is 0 Å². The molecule has 0 saturated carbocycles. The molecule has 0 radical (unpaired) electrons. The number of hydrogen-bond donors (Lipinski definition) is 2. The normalized spacial score (nSPS) is 15.8. The predicted octanol–water partition coefficient (Wildman–Crippen LogP) is 0.553. The fourth-order valence-corrected chi connectivity index (χ4v) is 0.489. The maximum Gasteiger partial charge on any atom is 0.0615 e. The topological polar surface area (TPSA) is 40.5 Å². The monoisotopic (exact) mass is 130 g/mol. The molecule has 0 bridgehead atoms. The zero-order valence-corrected chi connectivity index (χ0v) is 5.96. The molecule has 0 aromatic heterocycles. The minimum Gasteiger partial charge on any atom is -0.396 e. The van der Waals surface area contributed by atoms with E-state index in [9.17, 15) is 0 Å². The van der Waals surface area contributed by atoms with Crippen molar-refractivity contribution in [1.82, 2.24) is 0 Å². The Hall–Kier alpha value is -0.340. The zero-order chi connectivity index (χ0) is 7.28. The van der Waals surface area contributed by atoms with E-state index in [0.717, 1.165) is 5.57 Å². The SMILES string of the molecule is C/C(=C\CO)C(C)CO. The largest absolute Gasteiger partial charge is 0.396 e. The van der Waals surface area contributed by atoms with E-state index in [1.165, 1.54) is 0 Å². The number of aliphatic hydroxyl groups excluding tert-OH is 2. The zero-order valence-electron chi connectivity index (χ0n) is 5.96. The average Bonchev–Trinajstić information content (AvgIpc) is 1.87. The van der Waals surface area contributed by atoms with Gasteiger partial charge in [0.15, 0.2) is 0 Å². The summed E-state index contributed by atoms with van der Waals surface area (Å²) in [6.07, 6.45) is 1.71. The molecule has 54 valence electrons. The van der Waals surface area contributed by atoms with Gasteiger partial charge >= 0.3 is 0 Å². The molecular formula is C7H14O2. The molecule has 1 atom stereocenters. The predicted molar refractivity (Wildman–Crippen MR) is 37.1 cm³/mol. The lowest BCUT2D eigenvalue weighted by molar-refractivity contribution is 0.254. The van der Waals surface area contributed by atoms with Crippen LogP contribution in [-0.4, -0.2) is 23.4 Å². The van der Waals surface area contributed by atoms with Crippen LogP contribution in [0.5, 0.6) is 0 Å². The van der Waals surface area contributed by atoms with E-state index in [2.05, 4.69) is 0 Å². The third-order valence-corrected chi connectivity index (χ3v) is 1.46. The van der Waals surface area contributed by atoms with E-state index >= 15 is 0 Å². The highest BCUT2D eigenvalue weighted by Gasteiger charge is 1.99. The van der Waals surface area contributed by atoms with E-state index in [1.807, 2.05) is 13.8 Å². The van der Waals surface area contributed by atoms with E-state index in [0.29, 0.717) is 0 Å². The Bertz CT molecular complexity index is 97.1. The molecule has 2 nitrogen and oxygen atoms in total. The summed E-state index contributed by atoms with van der Waals surface area (Å²) < 4.78 is 0. The molecule has 0 aromatic carbocycles. The van der Waals surface area contributed by atoms with Crippen molar-refractivity contribution in [2.75, 3.05) is 13.2 Å². The van der Waals surface area contributed by atoms with E-state index in [4.69, 9.17) is 10.2 Å². The molecule has 9 heavy (non-hydrogen) atoms. The van der Waals surface area contributed by atoms with Gasteiger partial charge in [-0.3, -0.25) is 0 Å². The molecule has 0 aliphatic carbocycles. The van der Waals surface area contributed by atoms with E-state index < -0.39 is 0 Å². The minimum atomic E-state index is 0.0656. The van der Waals surface area contributed by atoms with Crippen molar-refractivity contribution < 1.29 is 10.2 Å². The quantitative estimate of drug-likeness (QED) is 0.548. The average molecular weight is 130 g/mol. The number of aliphatic hydroxyl groups is 2. The van der Waals surface area contributed by atoms with Crippen molar-refractivity contribution in [3.63, 3.8) is 0 Å². The first-order chi connectivity index (χ1) is 4.22. The molecule has 1 unspecified atom stereocenters. The summed E-state index contributed by atoms with van der Waals surface area (Å²) in [6, 6.07) is 0. The summed E-state index contributed by atoms with van der Waals surface area (Å²) in [6.45, 7) is 4.04. The highest BCUT2D eigenvalue weighted by molar-refractivity contribution is 5.01. The smallest absolute Gasteiger partial charge is 0.0615 e. The van der Waals surface area contributed by atoms with Gasteiger partial charge in [-0.25, -0.2) is 0 Å². The van der Waals surface area contributed by atoms with Crippen LogP contribution in [0.15, 0.2) is 11.6 Å². The van der Waals surface area contributed by atoms with Crippen molar-refractivity contribution in [3.8, 4) is 0 Å². The van der Waals surface area contributed by atoms with E-state index in [-0.39, 0.29) is 19.1 Å². The molecule has 0 amide bonds. The van der Waals surface area contributed by atoms with Gasteiger partial charge in [-0.2, -0.15) is 0 Å². The van der Waals surface area contributed by atoms with Crippen LogP contribution in [0.3, 0.4) is 0 Å². The van der Waals surface area contributed by atoms with Crippen LogP contribution in [0.2, 0.25) is 0 Å². The van der Waals surface area contributed by atoms with Crippen molar-refractivity contribution in [2.45, 2.75) is 13.8 Å². The van der Waals surface area contributed by atoms with Gasteiger partial charge in [-0.15, -0.1) is 0 Å².